The zero-order chi connectivity index (χ0) is 27.0. The third-order valence-electron chi connectivity index (χ3n) is 5.36. The molecule has 0 atom stereocenters. The third kappa shape index (κ3) is 6.78. The highest BCUT2D eigenvalue weighted by Gasteiger charge is 2.30. The molecule has 0 fully saturated rings. The molecule has 0 bridgehead atoms. The number of carbonyl (C=O) groups is 1. The Bertz CT molecular complexity index is 1330. The Labute approximate surface area is 221 Å². The molecule has 1 amide bonds. The molecule has 0 aromatic heterocycles. The Morgan fingerprint density at radius 3 is 2.16 bits per heavy atom. The highest BCUT2D eigenvalue weighted by molar-refractivity contribution is 7.92. The van der Waals surface area contributed by atoms with Crippen molar-refractivity contribution in [1.82, 2.24) is 5.32 Å². The van der Waals surface area contributed by atoms with Crippen LogP contribution in [0.1, 0.15) is 12.5 Å². The molecule has 3 rings (SSSR count). The molecular formula is C26H29ClN2O7S. The van der Waals surface area contributed by atoms with E-state index >= 15 is 0 Å². The minimum absolute atomic E-state index is 0.105. The van der Waals surface area contributed by atoms with Gasteiger partial charge < -0.3 is 24.3 Å². The fraction of sp³-hybridized carbons (Fsp3) is 0.269. The van der Waals surface area contributed by atoms with Crippen LogP contribution in [0.3, 0.4) is 0 Å². The van der Waals surface area contributed by atoms with Crippen molar-refractivity contribution in [2.75, 3.05) is 38.8 Å². The maximum Gasteiger partial charge on any atom is 0.265 e. The number of nitrogens with one attached hydrogen (secondary N) is 1. The first-order valence-electron chi connectivity index (χ1n) is 11.3. The van der Waals surface area contributed by atoms with Crippen LogP contribution in [0.5, 0.6) is 23.0 Å². The summed E-state index contributed by atoms with van der Waals surface area (Å²) >= 11 is 6.19. The summed E-state index contributed by atoms with van der Waals surface area (Å²) < 4.78 is 49.9. The zero-order valence-corrected chi connectivity index (χ0v) is 22.6. The van der Waals surface area contributed by atoms with E-state index in [1.165, 1.54) is 51.7 Å². The number of hydrogen-bond acceptors (Lipinski definition) is 7. The summed E-state index contributed by atoms with van der Waals surface area (Å²) in [6.45, 7) is 2.12. The van der Waals surface area contributed by atoms with E-state index in [-0.39, 0.29) is 33.6 Å². The fourth-order valence-corrected chi connectivity index (χ4v) is 5.12. The van der Waals surface area contributed by atoms with Crippen LogP contribution in [0.4, 0.5) is 5.69 Å². The van der Waals surface area contributed by atoms with Gasteiger partial charge in [0.15, 0.2) is 11.5 Å². The Kier molecular flexibility index (Phi) is 9.48. The lowest BCUT2D eigenvalue weighted by atomic mass is 10.2. The molecule has 37 heavy (non-hydrogen) atoms. The Morgan fingerprint density at radius 2 is 1.54 bits per heavy atom. The van der Waals surface area contributed by atoms with E-state index in [9.17, 15) is 13.2 Å². The number of anilines is 1. The lowest BCUT2D eigenvalue weighted by molar-refractivity contribution is -0.119. The molecule has 0 saturated heterocycles. The van der Waals surface area contributed by atoms with Crippen molar-refractivity contribution >= 4 is 33.2 Å². The number of methoxy groups -OCH3 is 3. The molecule has 0 aliphatic rings. The van der Waals surface area contributed by atoms with Gasteiger partial charge in [-0.2, -0.15) is 0 Å². The van der Waals surface area contributed by atoms with Gasteiger partial charge in [0.25, 0.3) is 10.0 Å². The lowest BCUT2D eigenvalue weighted by Gasteiger charge is -2.26. The van der Waals surface area contributed by atoms with Gasteiger partial charge in [-0.1, -0.05) is 23.7 Å². The van der Waals surface area contributed by atoms with E-state index < -0.39 is 22.5 Å². The van der Waals surface area contributed by atoms with Gasteiger partial charge in [0.05, 0.1) is 38.5 Å². The summed E-state index contributed by atoms with van der Waals surface area (Å²) in [6.07, 6.45) is 0. The van der Waals surface area contributed by atoms with E-state index in [1.807, 2.05) is 19.1 Å². The standard InChI is InChI=1S/C26H29ClN2O7S/c1-5-36-20-9-6-18(7-10-20)16-28-26(30)17-29(22-14-19(27)8-12-23(22)33-2)37(31,32)21-11-13-24(34-3)25(15-21)35-4/h6-15H,5,16-17H2,1-4H3,(H,28,30). The average molecular weight is 549 g/mol. The predicted molar refractivity (Wildman–Crippen MR) is 142 cm³/mol. The molecule has 11 heteroatoms. The molecule has 0 aliphatic heterocycles. The average Bonchev–Trinajstić information content (AvgIpc) is 2.90. The van der Waals surface area contributed by atoms with Crippen molar-refractivity contribution in [2.24, 2.45) is 0 Å². The maximum atomic E-state index is 13.8. The predicted octanol–water partition coefficient (Wildman–Crippen LogP) is 4.28. The highest BCUT2D eigenvalue weighted by Crippen LogP contribution is 2.37. The number of nitrogens with zero attached hydrogens (tertiary/aromatic N) is 1. The molecule has 0 radical (unpaired) electrons. The number of benzene rings is 3. The second-order valence-corrected chi connectivity index (χ2v) is 10.00. The summed E-state index contributed by atoms with van der Waals surface area (Å²) in [4.78, 5) is 12.9. The summed E-state index contributed by atoms with van der Waals surface area (Å²) in [5.74, 6) is 1.01. The van der Waals surface area contributed by atoms with Crippen molar-refractivity contribution in [3.63, 3.8) is 0 Å². The quantitative estimate of drug-likeness (QED) is 0.360. The highest BCUT2D eigenvalue weighted by atomic mass is 35.5. The Balaban J connectivity index is 1.93. The summed E-state index contributed by atoms with van der Waals surface area (Å²) in [6, 6.07) is 16.0. The number of rotatable bonds is 12. The lowest BCUT2D eigenvalue weighted by Crippen LogP contribution is -2.40. The number of sulfonamides is 1. The molecule has 198 valence electrons. The van der Waals surface area contributed by atoms with Crippen LogP contribution in [0.25, 0.3) is 0 Å². The largest absolute Gasteiger partial charge is 0.495 e. The Morgan fingerprint density at radius 1 is 0.892 bits per heavy atom. The molecule has 0 aliphatic carbocycles. The number of amides is 1. The van der Waals surface area contributed by atoms with Gasteiger partial charge >= 0.3 is 0 Å². The number of hydrogen-bond donors (Lipinski definition) is 1. The Hall–Kier alpha value is -3.63. The number of halogens is 1. The van der Waals surface area contributed by atoms with E-state index in [0.29, 0.717) is 12.4 Å². The van der Waals surface area contributed by atoms with Gasteiger partial charge in [-0.05, 0) is 55.0 Å². The molecule has 0 spiro atoms. The molecule has 0 unspecified atom stereocenters. The monoisotopic (exact) mass is 548 g/mol. The van der Waals surface area contributed by atoms with E-state index in [1.54, 1.807) is 18.2 Å². The number of ether oxygens (including phenoxy) is 4. The topological polar surface area (TPSA) is 103 Å². The first kappa shape index (κ1) is 27.9. The van der Waals surface area contributed by atoms with Crippen LogP contribution in [0.15, 0.2) is 65.6 Å². The minimum Gasteiger partial charge on any atom is -0.495 e. The van der Waals surface area contributed by atoms with Gasteiger partial charge in [0.2, 0.25) is 5.91 Å². The molecule has 9 nitrogen and oxygen atoms in total. The zero-order valence-electron chi connectivity index (χ0n) is 21.0. The third-order valence-corrected chi connectivity index (χ3v) is 7.35. The maximum absolute atomic E-state index is 13.8. The van der Waals surface area contributed by atoms with Crippen molar-refractivity contribution in [3.8, 4) is 23.0 Å². The van der Waals surface area contributed by atoms with Crippen LogP contribution >= 0.6 is 11.6 Å². The van der Waals surface area contributed by atoms with Gasteiger partial charge in [0.1, 0.15) is 18.0 Å². The van der Waals surface area contributed by atoms with E-state index in [4.69, 9.17) is 30.5 Å². The molecular weight excluding hydrogens is 520 g/mol. The van der Waals surface area contributed by atoms with Gasteiger partial charge in [-0.25, -0.2) is 8.42 Å². The van der Waals surface area contributed by atoms with Crippen molar-refractivity contribution in [3.05, 3.63) is 71.2 Å². The molecule has 3 aromatic carbocycles. The first-order valence-corrected chi connectivity index (χ1v) is 13.1. The van der Waals surface area contributed by atoms with Crippen LogP contribution < -0.4 is 28.6 Å². The SMILES string of the molecule is CCOc1ccc(CNC(=O)CN(c2cc(Cl)ccc2OC)S(=O)(=O)c2ccc(OC)c(OC)c2)cc1. The van der Waals surface area contributed by atoms with Crippen LogP contribution in [-0.4, -0.2) is 48.8 Å². The normalized spacial score (nSPS) is 10.9. The van der Waals surface area contributed by atoms with E-state index in [0.717, 1.165) is 15.6 Å². The van der Waals surface area contributed by atoms with Crippen molar-refractivity contribution < 1.29 is 32.2 Å². The fourth-order valence-electron chi connectivity index (χ4n) is 3.52. The van der Waals surface area contributed by atoms with Gasteiger partial charge in [-0.15, -0.1) is 0 Å². The summed E-state index contributed by atoms with van der Waals surface area (Å²) in [7, 11) is -0.0151. The van der Waals surface area contributed by atoms with Crippen LogP contribution in [0, 0.1) is 0 Å². The molecule has 3 aromatic rings. The van der Waals surface area contributed by atoms with Crippen molar-refractivity contribution in [1.29, 1.82) is 0 Å². The van der Waals surface area contributed by atoms with Gasteiger partial charge in [0, 0.05) is 17.6 Å². The molecule has 1 N–H and O–H groups in total. The number of carbonyl (C=O) groups excluding carboxylic acids is 1. The second-order valence-electron chi connectivity index (χ2n) is 7.70. The van der Waals surface area contributed by atoms with Crippen LogP contribution in [0.2, 0.25) is 5.02 Å². The van der Waals surface area contributed by atoms with Crippen molar-refractivity contribution in [2.45, 2.75) is 18.4 Å². The molecule has 0 heterocycles. The first-order chi connectivity index (χ1) is 17.7. The minimum atomic E-state index is -4.27. The van der Waals surface area contributed by atoms with Gasteiger partial charge in [-0.3, -0.25) is 9.10 Å². The smallest absolute Gasteiger partial charge is 0.265 e. The second kappa shape index (κ2) is 12.6. The summed E-state index contributed by atoms with van der Waals surface area (Å²) in [5, 5.41) is 3.04. The van der Waals surface area contributed by atoms with E-state index in [2.05, 4.69) is 5.32 Å². The van der Waals surface area contributed by atoms with Crippen LogP contribution in [-0.2, 0) is 21.4 Å². The molecule has 0 saturated carbocycles. The summed E-state index contributed by atoms with van der Waals surface area (Å²) in [5.41, 5.74) is 0.937.